The fourth-order valence-electron chi connectivity index (χ4n) is 1.42. The van der Waals surface area contributed by atoms with Gasteiger partial charge in [0.15, 0.2) is 0 Å². The average molecular weight is 283 g/mol. The normalized spacial score (nSPS) is 10.2. The van der Waals surface area contributed by atoms with Crippen molar-refractivity contribution in [2.45, 2.75) is 6.92 Å². The molecule has 0 spiro atoms. The quantitative estimate of drug-likeness (QED) is 0.897. The van der Waals surface area contributed by atoms with Gasteiger partial charge in [-0.25, -0.2) is 4.98 Å². The molecule has 1 aromatic carbocycles. The van der Waals surface area contributed by atoms with Gasteiger partial charge in [-0.1, -0.05) is 29.3 Å². The third-order valence-corrected chi connectivity index (χ3v) is 3.22. The summed E-state index contributed by atoms with van der Waals surface area (Å²) in [5, 5.41) is 7.01. The van der Waals surface area contributed by atoms with Crippen LogP contribution in [0.1, 0.15) is 5.56 Å². The molecule has 0 aliphatic carbocycles. The van der Waals surface area contributed by atoms with Gasteiger partial charge < -0.3 is 10.6 Å². The lowest BCUT2D eigenvalue weighted by Gasteiger charge is -2.11. The monoisotopic (exact) mass is 282 g/mol. The topological polar surface area (TPSA) is 49.8 Å². The first-order valence-corrected chi connectivity index (χ1v) is 6.10. The highest BCUT2D eigenvalue weighted by molar-refractivity contribution is 6.43. The van der Waals surface area contributed by atoms with E-state index in [1.165, 1.54) is 0 Å². The molecule has 2 aromatic rings. The fourth-order valence-corrected chi connectivity index (χ4v) is 1.76. The molecule has 0 saturated carbocycles. The van der Waals surface area contributed by atoms with Gasteiger partial charge >= 0.3 is 0 Å². The van der Waals surface area contributed by atoms with Crippen LogP contribution in [0.3, 0.4) is 0 Å². The van der Waals surface area contributed by atoms with E-state index >= 15 is 0 Å². The Bertz CT molecular complexity index is 572. The molecule has 0 radical (unpaired) electrons. The predicted molar refractivity (Wildman–Crippen MR) is 76.1 cm³/mol. The number of aromatic nitrogens is 2. The van der Waals surface area contributed by atoms with Gasteiger partial charge in [0.25, 0.3) is 0 Å². The van der Waals surface area contributed by atoms with Crippen molar-refractivity contribution in [1.82, 2.24) is 9.97 Å². The molecule has 0 amide bonds. The maximum atomic E-state index is 6.12. The Labute approximate surface area is 115 Å². The van der Waals surface area contributed by atoms with Gasteiger partial charge in [0.05, 0.1) is 15.7 Å². The molecule has 0 aliphatic rings. The Kier molecular flexibility index (Phi) is 3.89. The van der Waals surface area contributed by atoms with Gasteiger partial charge in [0.2, 0.25) is 5.95 Å². The number of rotatable bonds is 3. The Morgan fingerprint density at radius 2 is 2.00 bits per heavy atom. The molecule has 0 fully saturated rings. The summed E-state index contributed by atoms with van der Waals surface area (Å²) >= 11 is 12.1. The average Bonchev–Trinajstić information content (AvgIpc) is 2.37. The summed E-state index contributed by atoms with van der Waals surface area (Å²) in [5.74, 6) is 1.24. The molecule has 0 unspecified atom stereocenters. The van der Waals surface area contributed by atoms with Crippen molar-refractivity contribution >= 4 is 40.7 Å². The van der Waals surface area contributed by atoms with E-state index in [0.29, 0.717) is 27.5 Å². The van der Waals surface area contributed by atoms with Crippen LogP contribution in [0.5, 0.6) is 0 Å². The van der Waals surface area contributed by atoms with Crippen LogP contribution in [0, 0.1) is 6.92 Å². The van der Waals surface area contributed by atoms with Gasteiger partial charge in [-0.2, -0.15) is 4.98 Å². The Balaban J connectivity index is 2.36. The second kappa shape index (κ2) is 5.42. The third kappa shape index (κ3) is 2.66. The molecule has 18 heavy (non-hydrogen) atoms. The van der Waals surface area contributed by atoms with Gasteiger partial charge in [0.1, 0.15) is 5.82 Å². The van der Waals surface area contributed by atoms with E-state index < -0.39 is 0 Å². The van der Waals surface area contributed by atoms with E-state index in [1.54, 1.807) is 19.3 Å². The minimum Gasteiger partial charge on any atom is -0.357 e. The van der Waals surface area contributed by atoms with Crippen LogP contribution in [0.2, 0.25) is 10.0 Å². The number of benzene rings is 1. The number of anilines is 3. The zero-order valence-electron chi connectivity index (χ0n) is 9.96. The van der Waals surface area contributed by atoms with Crippen molar-refractivity contribution in [3.05, 3.63) is 40.0 Å². The lowest BCUT2D eigenvalue weighted by atomic mass is 10.3. The molecule has 4 nitrogen and oxygen atoms in total. The van der Waals surface area contributed by atoms with Crippen molar-refractivity contribution in [2.24, 2.45) is 0 Å². The second-order valence-corrected chi connectivity index (χ2v) is 4.49. The van der Waals surface area contributed by atoms with Crippen LogP contribution >= 0.6 is 23.2 Å². The molecule has 0 saturated heterocycles. The van der Waals surface area contributed by atoms with Gasteiger partial charge in [-0.05, 0) is 19.1 Å². The van der Waals surface area contributed by atoms with E-state index in [4.69, 9.17) is 23.2 Å². The minimum absolute atomic E-state index is 0.475. The first-order valence-electron chi connectivity index (χ1n) is 5.34. The summed E-state index contributed by atoms with van der Waals surface area (Å²) in [7, 11) is 1.76. The maximum absolute atomic E-state index is 6.12. The molecule has 2 rings (SSSR count). The SMILES string of the molecule is CNc1ncc(C)c(Nc2cccc(Cl)c2Cl)n1. The molecule has 2 N–H and O–H groups in total. The molecular weight excluding hydrogens is 271 g/mol. The first-order chi connectivity index (χ1) is 8.61. The Morgan fingerprint density at radius 3 is 2.72 bits per heavy atom. The number of halogens is 2. The van der Waals surface area contributed by atoms with Crippen LogP contribution in [-0.4, -0.2) is 17.0 Å². The molecule has 0 bridgehead atoms. The summed E-state index contributed by atoms with van der Waals surface area (Å²) in [6, 6.07) is 5.40. The largest absolute Gasteiger partial charge is 0.357 e. The van der Waals surface area contributed by atoms with Gasteiger partial charge in [0, 0.05) is 18.8 Å². The molecule has 0 atom stereocenters. The number of nitrogens with zero attached hydrogens (tertiary/aromatic N) is 2. The molecule has 0 aliphatic heterocycles. The second-order valence-electron chi connectivity index (χ2n) is 3.70. The lowest BCUT2D eigenvalue weighted by molar-refractivity contribution is 1.12. The standard InChI is InChI=1S/C12H12Cl2N4/c1-7-6-16-12(15-2)18-11(7)17-9-5-3-4-8(13)10(9)14/h3-6H,1-2H3,(H2,15,16,17,18). The van der Waals surface area contributed by atoms with Crippen LogP contribution in [0.25, 0.3) is 0 Å². The zero-order chi connectivity index (χ0) is 13.1. The van der Waals surface area contributed by atoms with Crippen molar-refractivity contribution in [3.63, 3.8) is 0 Å². The number of aryl methyl sites for hydroxylation is 1. The van der Waals surface area contributed by atoms with E-state index in [2.05, 4.69) is 20.6 Å². The summed E-state index contributed by atoms with van der Waals surface area (Å²) < 4.78 is 0. The molecule has 1 heterocycles. The highest BCUT2D eigenvalue weighted by Crippen LogP contribution is 2.31. The summed E-state index contributed by atoms with van der Waals surface area (Å²) in [4.78, 5) is 8.44. The van der Waals surface area contributed by atoms with Crippen LogP contribution in [0.15, 0.2) is 24.4 Å². The Morgan fingerprint density at radius 1 is 1.22 bits per heavy atom. The molecular formula is C12H12Cl2N4. The van der Waals surface area contributed by atoms with E-state index in [1.807, 2.05) is 19.1 Å². The van der Waals surface area contributed by atoms with Crippen LogP contribution in [0.4, 0.5) is 17.5 Å². The summed E-state index contributed by atoms with van der Waals surface area (Å²) in [5.41, 5.74) is 1.64. The van der Waals surface area contributed by atoms with E-state index in [-0.39, 0.29) is 0 Å². The highest BCUT2D eigenvalue weighted by Gasteiger charge is 2.08. The fraction of sp³-hybridized carbons (Fsp3) is 0.167. The Hall–Kier alpha value is -1.52. The van der Waals surface area contributed by atoms with Gasteiger partial charge in [-0.3, -0.25) is 0 Å². The predicted octanol–water partition coefficient (Wildman–Crippen LogP) is 3.88. The van der Waals surface area contributed by atoms with Gasteiger partial charge in [-0.15, -0.1) is 0 Å². The zero-order valence-corrected chi connectivity index (χ0v) is 11.5. The molecule has 94 valence electrons. The number of nitrogens with one attached hydrogen (secondary N) is 2. The van der Waals surface area contributed by atoms with Crippen molar-refractivity contribution in [3.8, 4) is 0 Å². The van der Waals surface area contributed by atoms with Crippen molar-refractivity contribution < 1.29 is 0 Å². The maximum Gasteiger partial charge on any atom is 0.224 e. The first kappa shape index (κ1) is 12.9. The van der Waals surface area contributed by atoms with Crippen molar-refractivity contribution in [1.29, 1.82) is 0 Å². The van der Waals surface area contributed by atoms with Crippen LogP contribution < -0.4 is 10.6 Å². The molecule has 1 aromatic heterocycles. The van der Waals surface area contributed by atoms with E-state index in [0.717, 1.165) is 5.56 Å². The lowest BCUT2D eigenvalue weighted by Crippen LogP contribution is -2.02. The smallest absolute Gasteiger partial charge is 0.224 e. The number of hydrogen-bond donors (Lipinski definition) is 2. The van der Waals surface area contributed by atoms with Crippen molar-refractivity contribution in [2.75, 3.05) is 17.7 Å². The number of hydrogen-bond acceptors (Lipinski definition) is 4. The summed E-state index contributed by atoms with van der Waals surface area (Å²) in [6.07, 6.45) is 1.74. The third-order valence-electron chi connectivity index (χ3n) is 2.40. The molecule has 6 heteroatoms. The van der Waals surface area contributed by atoms with Crippen LogP contribution in [-0.2, 0) is 0 Å². The van der Waals surface area contributed by atoms with E-state index in [9.17, 15) is 0 Å². The highest BCUT2D eigenvalue weighted by atomic mass is 35.5. The summed E-state index contributed by atoms with van der Waals surface area (Å²) in [6.45, 7) is 1.92. The minimum atomic E-state index is 0.475.